The van der Waals surface area contributed by atoms with Gasteiger partial charge in [-0.05, 0) is 6.08 Å². The maximum Gasteiger partial charge on any atom is 0.108 e. The van der Waals surface area contributed by atoms with Crippen molar-refractivity contribution in [2.24, 2.45) is 0 Å². The Morgan fingerprint density at radius 3 is 3.00 bits per heavy atom. The van der Waals surface area contributed by atoms with Crippen molar-refractivity contribution in [2.45, 2.75) is 5.50 Å². The van der Waals surface area contributed by atoms with Crippen molar-refractivity contribution in [1.82, 2.24) is 5.32 Å². The van der Waals surface area contributed by atoms with Crippen LogP contribution in [-0.2, 0) is 0 Å². The van der Waals surface area contributed by atoms with Crippen LogP contribution in [0.15, 0.2) is 6.08 Å². The molecule has 1 heterocycles. The SMILES string of the molecule is ClC1[C]=CCN1. The predicted molar refractivity (Wildman–Crippen MR) is 25.5 cm³/mol. The standard InChI is InChI=1S/C4H5ClN/c5-4-2-1-3-6-4/h1,4,6H,3H2. The van der Waals surface area contributed by atoms with Gasteiger partial charge >= 0.3 is 0 Å². The lowest BCUT2D eigenvalue weighted by Gasteiger charge is -1.90. The van der Waals surface area contributed by atoms with E-state index in [-0.39, 0.29) is 5.50 Å². The number of halogens is 1. The Labute approximate surface area is 42.0 Å². The molecule has 0 aromatic rings. The third-order valence-corrected chi connectivity index (χ3v) is 0.944. The van der Waals surface area contributed by atoms with Gasteiger partial charge in [-0.25, -0.2) is 0 Å². The molecule has 0 aromatic carbocycles. The van der Waals surface area contributed by atoms with E-state index in [9.17, 15) is 0 Å². The molecule has 0 saturated heterocycles. The first-order valence-electron chi connectivity index (χ1n) is 1.85. The monoisotopic (exact) mass is 102 g/mol. The molecular formula is C4H5ClN. The lowest BCUT2D eigenvalue weighted by atomic mass is 10.6. The summed E-state index contributed by atoms with van der Waals surface area (Å²) in [5, 5.41) is 2.92. The van der Waals surface area contributed by atoms with E-state index in [0.29, 0.717) is 0 Å². The van der Waals surface area contributed by atoms with Gasteiger partial charge < -0.3 is 0 Å². The van der Waals surface area contributed by atoms with Crippen LogP contribution in [0.2, 0.25) is 0 Å². The molecule has 1 aliphatic rings. The fourth-order valence-corrected chi connectivity index (χ4v) is 0.562. The van der Waals surface area contributed by atoms with Gasteiger partial charge in [-0.15, -0.1) is 11.6 Å². The number of nitrogens with one attached hydrogen (secondary N) is 1. The van der Waals surface area contributed by atoms with Gasteiger partial charge in [0.05, 0.1) is 0 Å². The Morgan fingerprint density at radius 1 is 2.00 bits per heavy atom. The highest BCUT2D eigenvalue weighted by atomic mass is 35.5. The molecule has 0 spiro atoms. The molecule has 1 nitrogen and oxygen atoms in total. The molecule has 1 atom stereocenters. The second-order valence-electron chi connectivity index (χ2n) is 1.14. The predicted octanol–water partition coefficient (Wildman–Crippen LogP) is 0.514. The van der Waals surface area contributed by atoms with Crippen LogP contribution in [0.3, 0.4) is 0 Å². The van der Waals surface area contributed by atoms with Crippen LogP contribution in [0.4, 0.5) is 0 Å². The van der Waals surface area contributed by atoms with Crippen molar-refractivity contribution >= 4 is 11.6 Å². The second-order valence-corrected chi connectivity index (χ2v) is 1.58. The van der Waals surface area contributed by atoms with E-state index in [0.717, 1.165) is 6.54 Å². The Balaban J connectivity index is 2.38. The summed E-state index contributed by atoms with van der Waals surface area (Å²) in [6.45, 7) is 0.869. The largest absolute Gasteiger partial charge is 0.294 e. The topological polar surface area (TPSA) is 12.0 Å². The van der Waals surface area contributed by atoms with Crippen molar-refractivity contribution in [1.29, 1.82) is 0 Å². The van der Waals surface area contributed by atoms with E-state index < -0.39 is 0 Å². The molecule has 0 saturated carbocycles. The van der Waals surface area contributed by atoms with Crippen molar-refractivity contribution in [3.8, 4) is 0 Å². The Bertz CT molecular complexity index is 69.9. The van der Waals surface area contributed by atoms with E-state index in [1.54, 1.807) is 0 Å². The third-order valence-electron chi connectivity index (χ3n) is 0.663. The van der Waals surface area contributed by atoms with E-state index in [4.69, 9.17) is 11.6 Å². The zero-order valence-electron chi connectivity index (χ0n) is 3.24. The number of hydrogen-bond donors (Lipinski definition) is 1. The quantitative estimate of drug-likeness (QED) is 0.347. The molecule has 0 amide bonds. The molecule has 1 rings (SSSR count). The molecule has 2 heteroatoms. The second kappa shape index (κ2) is 1.63. The first kappa shape index (κ1) is 4.16. The van der Waals surface area contributed by atoms with Crippen LogP contribution in [-0.4, -0.2) is 12.0 Å². The van der Waals surface area contributed by atoms with Crippen molar-refractivity contribution < 1.29 is 0 Å². The van der Waals surface area contributed by atoms with E-state index >= 15 is 0 Å². The number of rotatable bonds is 0. The van der Waals surface area contributed by atoms with Crippen molar-refractivity contribution in [3.05, 3.63) is 12.2 Å². The molecule has 33 valence electrons. The maximum absolute atomic E-state index is 5.46. The minimum absolute atomic E-state index is 0.0370. The molecule has 1 aliphatic heterocycles. The van der Waals surface area contributed by atoms with Crippen LogP contribution in [0, 0.1) is 6.08 Å². The lowest BCUT2D eigenvalue weighted by molar-refractivity contribution is 0.831. The summed E-state index contributed by atoms with van der Waals surface area (Å²) in [6, 6.07) is 0. The summed E-state index contributed by atoms with van der Waals surface area (Å²) in [4.78, 5) is 0. The van der Waals surface area contributed by atoms with E-state index in [2.05, 4.69) is 11.4 Å². The molecule has 1 unspecified atom stereocenters. The van der Waals surface area contributed by atoms with Gasteiger partial charge in [-0.2, -0.15) is 0 Å². The highest BCUT2D eigenvalue weighted by Crippen LogP contribution is 1.95. The minimum atomic E-state index is -0.0370. The van der Waals surface area contributed by atoms with Gasteiger partial charge in [-0.1, -0.05) is 6.08 Å². The van der Waals surface area contributed by atoms with E-state index in [1.807, 2.05) is 6.08 Å². The van der Waals surface area contributed by atoms with Crippen molar-refractivity contribution in [3.63, 3.8) is 0 Å². The summed E-state index contributed by atoms with van der Waals surface area (Å²) in [5.41, 5.74) is -0.0370. The fraction of sp³-hybridized carbons (Fsp3) is 0.500. The average molecular weight is 103 g/mol. The Hall–Kier alpha value is -0.0100. The zero-order valence-corrected chi connectivity index (χ0v) is 4.00. The first-order valence-corrected chi connectivity index (χ1v) is 2.28. The summed E-state index contributed by atoms with van der Waals surface area (Å²) in [7, 11) is 0. The van der Waals surface area contributed by atoms with Crippen LogP contribution >= 0.6 is 11.6 Å². The lowest BCUT2D eigenvalue weighted by Crippen LogP contribution is -2.14. The van der Waals surface area contributed by atoms with E-state index in [1.165, 1.54) is 0 Å². The van der Waals surface area contributed by atoms with Crippen LogP contribution in [0.25, 0.3) is 0 Å². The number of alkyl halides is 1. The fourth-order valence-electron chi connectivity index (χ4n) is 0.384. The van der Waals surface area contributed by atoms with Crippen LogP contribution in [0.5, 0.6) is 0 Å². The van der Waals surface area contributed by atoms with Crippen LogP contribution in [0.1, 0.15) is 0 Å². The summed E-state index contributed by atoms with van der Waals surface area (Å²) in [6.07, 6.45) is 4.74. The maximum atomic E-state index is 5.46. The van der Waals surface area contributed by atoms with Gasteiger partial charge in [0.2, 0.25) is 0 Å². The third kappa shape index (κ3) is 0.730. The summed E-state index contributed by atoms with van der Waals surface area (Å²) >= 11 is 5.46. The number of hydrogen-bond acceptors (Lipinski definition) is 1. The van der Waals surface area contributed by atoms with Crippen LogP contribution < -0.4 is 5.32 Å². The molecule has 1 N–H and O–H groups in total. The summed E-state index contributed by atoms with van der Waals surface area (Å²) in [5.74, 6) is 0. The van der Waals surface area contributed by atoms with Gasteiger partial charge in [0, 0.05) is 6.54 Å². The highest BCUT2D eigenvalue weighted by Gasteiger charge is 2.00. The molecule has 0 aromatic heterocycles. The molecule has 0 fully saturated rings. The first-order chi connectivity index (χ1) is 2.89. The molecule has 6 heavy (non-hydrogen) atoms. The van der Waals surface area contributed by atoms with Gasteiger partial charge in [0.25, 0.3) is 0 Å². The smallest absolute Gasteiger partial charge is 0.108 e. The minimum Gasteiger partial charge on any atom is -0.294 e. The zero-order chi connectivity index (χ0) is 4.41. The molecule has 1 radical (unpaired) electrons. The van der Waals surface area contributed by atoms with Gasteiger partial charge in [0.15, 0.2) is 0 Å². The normalized spacial score (nSPS) is 31.8. The Morgan fingerprint density at radius 2 is 2.83 bits per heavy atom. The van der Waals surface area contributed by atoms with Gasteiger partial charge in [-0.3, -0.25) is 5.32 Å². The molecule has 0 bridgehead atoms. The Kier molecular flexibility index (Phi) is 1.13. The van der Waals surface area contributed by atoms with Crippen molar-refractivity contribution in [2.75, 3.05) is 6.54 Å². The summed E-state index contributed by atoms with van der Waals surface area (Å²) < 4.78 is 0. The average Bonchev–Trinajstić information content (AvgIpc) is 1.86. The molecular weight excluding hydrogens is 97.5 g/mol. The molecule has 0 aliphatic carbocycles. The van der Waals surface area contributed by atoms with Gasteiger partial charge in [0.1, 0.15) is 5.50 Å². The highest BCUT2D eigenvalue weighted by molar-refractivity contribution is 6.21.